The van der Waals surface area contributed by atoms with Gasteiger partial charge in [0.15, 0.2) is 5.69 Å². The van der Waals surface area contributed by atoms with Crippen LogP contribution in [0.5, 0.6) is 0 Å². The van der Waals surface area contributed by atoms with E-state index in [0.717, 1.165) is 29.8 Å². The van der Waals surface area contributed by atoms with E-state index in [9.17, 15) is 9.59 Å². The van der Waals surface area contributed by atoms with Gasteiger partial charge in [-0.05, 0) is 55.3 Å². The van der Waals surface area contributed by atoms with Gasteiger partial charge in [0, 0.05) is 22.7 Å². The summed E-state index contributed by atoms with van der Waals surface area (Å²) in [5.74, 6) is -0.113. The van der Waals surface area contributed by atoms with E-state index in [0.29, 0.717) is 23.0 Å². The van der Waals surface area contributed by atoms with Crippen molar-refractivity contribution in [2.24, 2.45) is 5.92 Å². The predicted octanol–water partition coefficient (Wildman–Crippen LogP) is 5.54. The normalized spacial score (nSPS) is 10.9. The molecule has 0 aliphatic carbocycles. The summed E-state index contributed by atoms with van der Waals surface area (Å²) in [4.78, 5) is 24.8. The van der Waals surface area contributed by atoms with Crippen LogP contribution in [0.4, 0.5) is 0 Å². The van der Waals surface area contributed by atoms with Gasteiger partial charge >= 0.3 is 5.97 Å². The van der Waals surface area contributed by atoms with Crippen LogP contribution in [-0.2, 0) is 4.74 Å². The smallest absolute Gasteiger partial charge is 0.358 e. The van der Waals surface area contributed by atoms with Crippen LogP contribution in [0.1, 0.15) is 54.5 Å². The Labute approximate surface area is 193 Å². The Morgan fingerprint density at radius 2 is 1.69 bits per heavy atom. The molecule has 0 saturated heterocycles. The number of amides is 1. The molecular formula is C25H28ClN3O3. The highest BCUT2D eigenvalue weighted by Crippen LogP contribution is 2.26. The monoisotopic (exact) mass is 453 g/mol. The molecule has 2 aromatic carbocycles. The lowest BCUT2D eigenvalue weighted by atomic mass is 10.0. The number of aromatic nitrogens is 2. The molecule has 0 atom stereocenters. The molecule has 1 aromatic heterocycles. The van der Waals surface area contributed by atoms with Crippen LogP contribution in [0, 0.1) is 5.92 Å². The number of nitrogens with zero attached hydrogens (tertiary/aromatic N) is 2. The Morgan fingerprint density at radius 3 is 2.28 bits per heavy atom. The van der Waals surface area contributed by atoms with E-state index >= 15 is 0 Å². The maximum atomic E-state index is 12.5. The van der Waals surface area contributed by atoms with Crippen LogP contribution in [-0.4, -0.2) is 34.8 Å². The van der Waals surface area contributed by atoms with E-state index in [-0.39, 0.29) is 18.2 Å². The third kappa shape index (κ3) is 5.56. The van der Waals surface area contributed by atoms with Crippen molar-refractivity contribution in [3.05, 3.63) is 70.9 Å². The summed E-state index contributed by atoms with van der Waals surface area (Å²) >= 11 is 6.03. The van der Waals surface area contributed by atoms with Crippen LogP contribution in [0.2, 0.25) is 5.02 Å². The van der Waals surface area contributed by atoms with Gasteiger partial charge in [-0.2, -0.15) is 5.10 Å². The topological polar surface area (TPSA) is 73.2 Å². The highest BCUT2D eigenvalue weighted by atomic mass is 35.5. The predicted molar refractivity (Wildman–Crippen MR) is 126 cm³/mol. The van der Waals surface area contributed by atoms with Crippen molar-refractivity contribution >= 4 is 23.5 Å². The lowest BCUT2D eigenvalue weighted by molar-refractivity contribution is 0.0519. The summed E-state index contributed by atoms with van der Waals surface area (Å²) in [7, 11) is 0. The number of carbonyl (C=O) groups is 2. The third-order valence-electron chi connectivity index (χ3n) is 5.41. The van der Waals surface area contributed by atoms with Crippen LogP contribution >= 0.6 is 11.6 Å². The van der Waals surface area contributed by atoms with Crippen molar-refractivity contribution in [2.75, 3.05) is 13.2 Å². The average Bonchev–Trinajstić information content (AvgIpc) is 3.26. The first-order chi connectivity index (χ1) is 15.5. The summed E-state index contributed by atoms with van der Waals surface area (Å²) < 4.78 is 6.78. The standard InChI is InChI=1S/C25H28ClN3O3/c1-4-17(5-2)16-27-24(30)19-9-13-21(14-10-19)29-23(18-7-11-20(26)12-8-18)15-22(28-29)25(31)32-6-3/h7-15,17H,4-6,16H2,1-3H3,(H,27,30). The van der Waals surface area contributed by atoms with Crippen molar-refractivity contribution in [1.29, 1.82) is 0 Å². The van der Waals surface area contributed by atoms with Gasteiger partial charge in [-0.25, -0.2) is 9.48 Å². The molecule has 0 spiro atoms. The molecular weight excluding hydrogens is 426 g/mol. The maximum absolute atomic E-state index is 12.5. The molecule has 6 nitrogen and oxygen atoms in total. The summed E-state index contributed by atoms with van der Waals surface area (Å²) in [6, 6.07) is 16.1. The van der Waals surface area contributed by atoms with Crippen molar-refractivity contribution in [3.63, 3.8) is 0 Å². The molecule has 1 amide bonds. The molecule has 3 aromatic rings. The van der Waals surface area contributed by atoms with Crippen molar-refractivity contribution < 1.29 is 14.3 Å². The zero-order chi connectivity index (χ0) is 23.1. The molecule has 1 heterocycles. The number of halogens is 1. The lowest BCUT2D eigenvalue weighted by Gasteiger charge is -2.13. The molecule has 0 fully saturated rings. The van der Waals surface area contributed by atoms with Crippen LogP contribution in [0.15, 0.2) is 54.6 Å². The van der Waals surface area contributed by atoms with E-state index in [2.05, 4.69) is 24.3 Å². The Balaban J connectivity index is 1.89. The van der Waals surface area contributed by atoms with Gasteiger partial charge in [0.2, 0.25) is 0 Å². The minimum atomic E-state index is -0.487. The van der Waals surface area contributed by atoms with Gasteiger partial charge in [-0.1, -0.05) is 50.4 Å². The fourth-order valence-corrected chi connectivity index (χ4v) is 3.51. The molecule has 3 rings (SSSR count). The second kappa shape index (κ2) is 11.0. The summed E-state index contributed by atoms with van der Waals surface area (Å²) in [6.45, 7) is 6.94. The largest absolute Gasteiger partial charge is 0.461 e. The first kappa shape index (κ1) is 23.5. The van der Waals surface area contributed by atoms with Crippen LogP contribution in [0.3, 0.4) is 0 Å². The van der Waals surface area contributed by atoms with Crippen molar-refractivity contribution in [2.45, 2.75) is 33.6 Å². The van der Waals surface area contributed by atoms with E-state index in [1.54, 1.807) is 41.9 Å². The number of benzene rings is 2. The third-order valence-corrected chi connectivity index (χ3v) is 5.67. The number of ether oxygens (including phenoxy) is 1. The van der Waals surface area contributed by atoms with Crippen LogP contribution < -0.4 is 5.32 Å². The van der Waals surface area contributed by atoms with Gasteiger partial charge in [0.05, 0.1) is 18.0 Å². The molecule has 7 heteroatoms. The Morgan fingerprint density at radius 1 is 1.03 bits per heavy atom. The van der Waals surface area contributed by atoms with Crippen molar-refractivity contribution in [3.8, 4) is 16.9 Å². The molecule has 0 aliphatic rings. The number of rotatable bonds is 9. The molecule has 0 aliphatic heterocycles. The zero-order valence-corrected chi connectivity index (χ0v) is 19.4. The van der Waals surface area contributed by atoms with E-state index in [1.165, 1.54) is 0 Å². The van der Waals surface area contributed by atoms with Gasteiger partial charge in [-0.15, -0.1) is 0 Å². The molecule has 1 N–H and O–H groups in total. The number of nitrogens with one attached hydrogen (secondary N) is 1. The van der Waals surface area contributed by atoms with E-state index in [4.69, 9.17) is 16.3 Å². The molecule has 0 unspecified atom stereocenters. The van der Waals surface area contributed by atoms with Gasteiger partial charge < -0.3 is 10.1 Å². The maximum Gasteiger partial charge on any atom is 0.358 e. The number of carbonyl (C=O) groups excluding carboxylic acids is 2. The fraction of sp³-hybridized carbons (Fsp3) is 0.320. The van der Waals surface area contributed by atoms with Gasteiger partial charge in [0.1, 0.15) is 0 Å². The van der Waals surface area contributed by atoms with E-state index < -0.39 is 5.97 Å². The highest BCUT2D eigenvalue weighted by Gasteiger charge is 2.18. The second-order valence-electron chi connectivity index (χ2n) is 7.49. The molecule has 32 heavy (non-hydrogen) atoms. The summed E-state index contributed by atoms with van der Waals surface area (Å²) in [6.07, 6.45) is 2.07. The lowest BCUT2D eigenvalue weighted by Crippen LogP contribution is -2.28. The van der Waals surface area contributed by atoms with E-state index in [1.807, 2.05) is 24.3 Å². The molecule has 0 saturated carbocycles. The number of esters is 1. The number of hydrogen-bond acceptors (Lipinski definition) is 4. The average molecular weight is 454 g/mol. The minimum Gasteiger partial charge on any atom is -0.461 e. The minimum absolute atomic E-state index is 0.103. The second-order valence-corrected chi connectivity index (χ2v) is 7.93. The molecule has 0 bridgehead atoms. The quantitative estimate of drug-likeness (QED) is 0.432. The Kier molecular flexibility index (Phi) is 8.06. The van der Waals surface area contributed by atoms with Gasteiger partial charge in [0.25, 0.3) is 5.91 Å². The Bertz CT molecular complexity index is 1060. The summed E-state index contributed by atoms with van der Waals surface area (Å²) in [5, 5.41) is 8.08. The first-order valence-electron chi connectivity index (χ1n) is 10.9. The summed E-state index contributed by atoms with van der Waals surface area (Å²) in [5.41, 5.74) is 3.08. The zero-order valence-electron chi connectivity index (χ0n) is 18.6. The number of hydrogen-bond donors (Lipinski definition) is 1. The first-order valence-corrected chi connectivity index (χ1v) is 11.3. The SMILES string of the molecule is CCOC(=O)c1cc(-c2ccc(Cl)cc2)n(-c2ccc(C(=O)NCC(CC)CC)cc2)n1. The fourth-order valence-electron chi connectivity index (χ4n) is 3.38. The van der Waals surface area contributed by atoms with Crippen molar-refractivity contribution in [1.82, 2.24) is 15.1 Å². The van der Waals surface area contributed by atoms with Crippen LogP contribution in [0.25, 0.3) is 16.9 Å². The van der Waals surface area contributed by atoms with Gasteiger partial charge in [-0.3, -0.25) is 4.79 Å². The highest BCUT2D eigenvalue weighted by molar-refractivity contribution is 6.30. The molecule has 168 valence electrons. The molecule has 0 radical (unpaired) electrons. The Hall–Kier alpha value is -3.12.